The quantitative estimate of drug-likeness (QED) is 0.735. The molecule has 0 fully saturated rings. The van der Waals surface area contributed by atoms with E-state index in [0.29, 0.717) is 26.2 Å². The Labute approximate surface area is 153 Å². The van der Waals surface area contributed by atoms with Gasteiger partial charge in [0.15, 0.2) is 0 Å². The van der Waals surface area contributed by atoms with E-state index in [1.165, 1.54) is 0 Å². The van der Waals surface area contributed by atoms with E-state index in [2.05, 4.69) is 29.9 Å². The summed E-state index contributed by atoms with van der Waals surface area (Å²) in [5, 5.41) is 0. The molecule has 3 heterocycles. The van der Waals surface area contributed by atoms with Crippen LogP contribution in [0.2, 0.25) is 0 Å². The van der Waals surface area contributed by atoms with Gasteiger partial charge in [-0.1, -0.05) is 12.1 Å². The van der Waals surface area contributed by atoms with Gasteiger partial charge in [0.2, 0.25) is 0 Å². The molecule has 1 aliphatic rings. The van der Waals surface area contributed by atoms with Crippen LogP contribution in [0, 0.1) is 0 Å². The first kappa shape index (κ1) is 17.8. The van der Waals surface area contributed by atoms with Crippen LogP contribution in [-0.4, -0.2) is 60.0 Å². The van der Waals surface area contributed by atoms with Crippen molar-refractivity contribution in [3.8, 4) is 0 Å². The van der Waals surface area contributed by atoms with Crippen LogP contribution in [0.15, 0.2) is 56.4 Å². The highest BCUT2D eigenvalue weighted by Crippen LogP contribution is 2.02. The average Bonchev–Trinajstić information content (AvgIpc) is 2.67. The van der Waals surface area contributed by atoms with Crippen LogP contribution in [0.25, 0.3) is 0 Å². The van der Waals surface area contributed by atoms with Gasteiger partial charge < -0.3 is 0 Å². The lowest BCUT2D eigenvalue weighted by Gasteiger charge is -2.03. The molecule has 1 aliphatic heterocycles. The molecule has 6 nitrogen and oxygen atoms in total. The summed E-state index contributed by atoms with van der Waals surface area (Å²) in [5.41, 5.74) is 5.18. The predicted molar refractivity (Wildman–Crippen MR) is 108 cm³/mol. The van der Waals surface area contributed by atoms with E-state index in [-0.39, 0.29) is 0 Å². The van der Waals surface area contributed by atoms with Crippen molar-refractivity contribution >= 4 is 23.9 Å². The second kappa shape index (κ2) is 8.89. The molecule has 0 radical (unpaired) electrons. The minimum Gasteiger partial charge on any atom is -0.289 e. The van der Waals surface area contributed by atoms with Gasteiger partial charge in [0.25, 0.3) is 0 Å². The number of hydrogen-bond donors (Lipinski definition) is 0. The molecule has 0 N–H and O–H groups in total. The first-order valence-corrected chi connectivity index (χ1v) is 8.69. The molecule has 0 unspecified atom stereocenters. The second-order valence-corrected chi connectivity index (χ2v) is 5.90. The van der Waals surface area contributed by atoms with Gasteiger partial charge in [0.05, 0.1) is 60.4 Å². The van der Waals surface area contributed by atoms with E-state index in [1.807, 2.05) is 50.2 Å². The highest BCUT2D eigenvalue weighted by molar-refractivity contribution is 5.98. The van der Waals surface area contributed by atoms with Crippen molar-refractivity contribution in [1.82, 2.24) is 9.97 Å². The third kappa shape index (κ3) is 4.99. The van der Waals surface area contributed by atoms with Crippen LogP contribution < -0.4 is 0 Å². The molecule has 132 valence electrons. The molecule has 0 spiro atoms. The topological polar surface area (TPSA) is 75.2 Å². The number of fused-ring (bicyclic) bond motifs is 4. The van der Waals surface area contributed by atoms with Crippen LogP contribution in [0.3, 0.4) is 0 Å². The van der Waals surface area contributed by atoms with Crippen LogP contribution in [-0.2, 0) is 0 Å². The molecule has 4 bridgehead atoms. The summed E-state index contributed by atoms with van der Waals surface area (Å²) < 4.78 is 0. The Hall–Kier alpha value is -3.02. The lowest BCUT2D eigenvalue weighted by molar-refractivity contribution is 0.967. The molecule has 0 saturated heterocycles. The molecule has 2 aromatic rings. The number of rotatable bonds is 0. The second-order valence-electron chi connectivity index (χ2n) is 5.90. The van der Waals surface area contributed by atoms with Crippen LogP contribution in [0.1, 0.15) is 36.6 Å². The van der Waals surface area contributed by atoms with Crippen LogP contribution in [0.5, 0.6) is 0 Å². The maximum Gasteiger partial charge on any atom is 0.0844 e. The summed E-state index contributed by atoms with van der Waals surface area (Å²) in [4.78, 5) is 27.1. The summed E-state index contributed by atoms with van der Waals surface area (Å²) in [6.07, 6.45) is 3.56. The molecule has 0 atom stereocenters. The summed E-state index contributed by atoms with van der Waals surface area (Å²) in [5.74, 6) is 0. The zero-order valence-electron chi connectivity index (χ0n) is 15.1. The van der Waals surface area contributed by atoms with Gasteiger partial charge >= 0.3 is 0 Å². The van der Waals surface area contributed by atoms with Crippen molar-refractivity contribution < 1.29 is 0 Å². The van der Waals surface area contributed by atoms with Crippen LogP contribution in [0.4, 0.5) is 0 Å². The zero-order chi connectivity index (χ0) is 18.2. The van der Waals surface area contributed by atoms with Gasteiger partial charge in [-0.05, 0) is 38.1 Å². The van der Waals surface area contributed by atoms with Gasteiger partial charge in [-0.25, -0.2) is 9.97 Å². The van der Waals surface area contributed by atoms with Crippen molar-refractivity contribution in [1.29, 1.82) is 0 Å². The number of aliphatic imine (C=N–C) groups is 4. The number of hydrogen-bond acceptors (Lipinski definition) is 6. The molecular formula is C20H22N6. The van der Waals surface area contributed by atoms with E-state index >= 15 is 0 Å². The van der Waals surface area contributed by atoms with Crippen molar-refractivity contribution in [3.05, 3.63) is 59.2 Å². The Morgan fingerprint density at radius 2 is 1.08 bits per heavy atom. The normalized spacial score (nSPS) is 15.6. The minimum absolute atomic E-state index is 0.607. The maximum atomic E-state index is 4.59. The van der Waals surface area contributed by atoms with Gasteiger partial charge in [-0.15, -0.1) is 0 Å². The number of pyridine rings is 2. The molecule has 26 heavy (non-hydrogen) atoms. The monoisotopic (exact) mass is 346 g/mol. The smallest absolute Gasteiger partial charge is 0.0844 e. The Morgan fingerprint density at radius 1 is 0.615 bits per heavy atom. The summed E-state index contributed by atoms with van der Waals surface area (Å²) in [7, 11) is 0. The molecule has 3 rings (SSSR count). The SMILES string of the molecule is CC1=NCCN=C(C)c2cccc(n2)C=NCCN=Cc2cccc1n2. The fraction of sp³-hybridized carbons (Fsp3) is 0.300. The highest BCUT2D eigenvalue weighted by Gasteiger charge is 2.02. The molecule has 0 amide bonds. The summed E-state index contributed by atoms with van der Waals surface area (Å²) in [6.45, 7) is 6.38. The number of nitrogens with zero attached hydrogens (tertiary/aromatic N) is 6. The van der Waals surface area contributed by atoms with Gasteiger partial charge in [0, 0.05) is 12.4 Å². The van der Waals surface area contributed by atoms with Crippen molar-refractivity contribution in [2.75, 3.05) is 26.2 Å². The summed E-state index contributed by atoms with van der Waals surface area (Å²) >= 11 is 0. The summed E-state index contributed by atoms with van der Waals surface area (Å²) in [6, 6.07) is 11.7. The van der Waals surface area contributed by atoms with E-state index in [4.69, 9.17) is 0 Å². The van der Waals surface area contributed by atoms with E-state index < -0.39 is 0 Å². The van der Waals surface area contributed by atoms with Gasteiger partial charge in [-0.3, -0.25) is 20.0 Å². The lowest BCUT2D eigenvalue weighted by Crippen LogP contribution is -2.06. The van der Waals surface area contributed by atoms with Crippen LogP contribution >= 0.6 is 0 Å². The molecule has 0 aromatic carbocycles. The third-order valence-corrected chi connectivity index (χ3v) is 3.89. The largest absolute Gasteiger partial charge is 0.289 e. The third-order valence-electron chi connectivity index (χ3n) is 3.89. The van der Waals surface area contributed by atoms with E-state index in [0.717, 1.165) is 34.2 Å². The van der Waals surface area contributed by atoms with Gasteiger partial charge in [0.1, 0.15) is 0 Å². The highest BCUT2D eigenvalue weighted by atomic mass is 14.9. The van der Waals surface area contributed by atoms with E-state index in [9.17, 15) is 0 Å². The standard InChI is InChI=1S/C20H22N6/c1-15-19-7-3-5-17(25-19)13-21-9-10-22-14-18-6-4-8-20(26-18)16(2)24-12-11-23-15/h3-8,13-14H,9-12H2,1-2H3. The molecule has 6 heteroatoms. The zero-order valence-corrected chi connectivity index (χ0v) is 15.1. The molecular weight excluding hydrogens is 324 g/mol. The predicted octanol–water partition coefficient (Wildman–Crippen LogP) is 2.65. The molecule has 2 aromatic heterocycles. The van der Waals surface area contributed by atoms with E-state index in [1.54, 1.807) is 12.4 Å². The Morgan fingerprint density at radius 3 is 1.54 bits per heavy atom. The van der Waals surface area contributed by atoms with Crippen molar-refractivity contribution in [3.63, 3.8) is 0 Å². The van der Waals surface area contributed by atoms with Crippen molar-refractivity contribution in [2.45, 2.75) is 13.8 Å². The van der Waals surface area contributed by atoms with Gasteiger partial charge in [-0.2, -0.15) is 0 Å². The first-order chi connectivity index (χ1) is 12.7. The average molecular weight is 346 g/mol. The molecule has 0 aliphatic carbocycles. The fourth-order valence-corrected chi connectivity index (χ4v) is 2.48. The number of aromatic nitrogens is 2. The lowest BCUT2D eigenvalue weighted by atomic mass is 10.2. The Kier molecular flexibility index (Phi) is 6.09. The van der Waals surface area contributed by atoms with Crippen molar-refractivity contribution in [2.24, 2.45) is 20.0 Å². The first-order valence-electron chi connectivity index (χ1n) is 8.69. The molecule has 0 saturated carbocycles. The maximum absolute atomic E-state index is 4.59. The minimum atomic E-state index is 0.607. The fourth-order valence-electron chi connectivity index (χ4n) is 2.48. The Balaban J connectivity index is 1.87. The Bertz CT molecular complexity index is 806.